The number of hydrogen-bond donors (Lipinski definition) is 1. The average Bonchev–Trinajstić information content (AvgIpc) is 2.79. The predicted molar refractivity (Wildman–Crippen MR) is 118 cm³/mol. The second-order valence-corrected chi connectivity index (χ2v) is 7.82. The third-order valence-electron chi connectivity index (χ3n) is 5.84. The minimum Gasteiger partial charge on any atom is -0.396 e. The Morgan fingerprint density at radius 2 is 1.48 bits per heavy atom. The van der Waals surface area contributed by atoms with Gasteiger partial charge in [-0.15, -0.1) is 0 Å². The van der Waals surface area contributed by atoms with Gasteiger partial charge in [0.25, 0.3) is 0 Å². The molecule has 150 valence electrons. The third kappa shape index (κ3) is 3.60. The van der Waals surface area contributed by atoms with Gasteiger partial charge in [0.05, 0.1) is 18.9 Å². The van der Waals surface area contributed by atoms with E-state index in [2.05, 4.69) is 40.1 Å². The summed E-state index contributed by atoms with van der Waals surface area (Å²) in [5, 5.41) is 0.985. The number of pyridine rings is 2. The molecule has 2 aliphatic rings. The van der Waals surface area contributed by atoms with Gasteiger partial charge in [-0.05, 0) is 37.0 Å². The Morgan fingerprint density at radius 3 is 2.24 bits per heavy atom. The molecule has 5 rings (SSSR count). The van der Waals surface area contributed by atoms with E-state index in [1.54, 1.807) is 0 Å². The van der Waals surface area contributed by atoms with E-state index in [9.17, 15) is 0 Å². The van der Waals surface area contributed by atoms with Gasteiger partial charge < -0.3 is 20.3 Å². The number of nitrogens with zero attached hydrogens (tertiary/aromatic N) is 4. The fourth-order valence-electron chi connectivity index (χ4n) is 4.31. The molecule has 0 bridgehead atoms. The van der Waals surface area contributed by atoms with Crippen molar-refractivity contribution >= 4 is 28.4 Å². The minimum absolute atomic E-state index is 0.700. The van der Waals surface area contributed by atoms with Crippen LogP contribution in [0.15, 0.2) is 42.5 Å². The molecule has 6 nitrogen and oxygen atoms in total. The Labute approximate surface area is 171 Å². The van der Waals surface area contributed by atoms with Crippen LogP contribution in [0.3, 0.4) is 0 Å². The molecule has 1 aromatic carbocycles. The Morgan fingerprint density at radius 1 is 0.793 bits per heavy atom. The van der Waals surface area contributed by atoms with Crippen molar-refractivity contribution < 1.29 is 4.74 Å². The van der Waals surface area contributed by atoms with Crippen molar-refractivity contribution in [1.29, 1.82) is 0 Å². The first-order valence-corrected chi connectivity index (χ1v) is 10.5. The maximum atomic E-state index is 6.40. The van der Waals surface area contributed by atoms with E-state index in [1.807, 2.05) is 12.1 Å². The first-order valence-electron chi connectivity index (χ1n) is 10.5. The summed E-state index contributed by atoms with van der Waals surface area (Å²) in [4.78, 5) is 14.6. The van der Waals surface area contributed by atoms with Gasteiger partial charge in [-0.1, -0.05) is 30.3 Å². The van der Waals surface area contributed by atoms with Crippen LogP contribution in [0.1, 0.15) is 19.3 Å². The number of piperidine rings is 1. The summed E-state index contributed by atoms with van der Waals surface area (Å²) in [6.07, 6.45) is 3.71. The first-order chi connectivity index (χ1) is 14.3. The van der Waals surface area contributed by atoms with E-state index in [-0.39, 0.29) is 0 Å². The van der Waals surface area contributed by atoms with E-state index in [0.717, 1.165) is 54.4 Å². The lowest BCUT2D eigenvalue weighted by molar-refractivity contribution is 0.122. The van der Waals surface area contributed by atoms with Crippen LogP contribution < -0.4 is 15.5 Å². The van der Waals surface area contributed by atoms with Crippen LogP contribution in [0.4, 0.5) is 17.3 Å². The molecule has 0 saturated carbocycles. The van der Waals surface area contributed by atoms with Gasteiger partial charge in [-0.2, -0.15) is 0 Å². The molecule has 0 atom stereocenters. The number of anilines is 3. The molecule has 2 N–H and O–H groups in total. The molecule has 0 spiro atoms. The normalized spacial score (nSPS) is 17.7. The van der Waals surface area contributed by atoms with Crippen molar-refractivity contribution in [2.75, 3.05) is 54.9 Å². The topological polar surface area (TPSA) is 67.5 Å². The maximum Gasteiger partial charge on any atom is 0.164 e. The van der Waals surface area contributed by atoms with Crippen molar-refractivity contribution in [3.63, 3.8) is 0 Å². The van der Waals surface area contributed by atoms with Gasteiger partial charge in [0.15, 0.2) is 11.5 Å². The summed E-state index contributed by atoms with van der Waals surface area (Å²) in [5.74, 6) is 1.86. The Hall–Kier alpha value is -2.86. The van der Waals surface area contributed by atoms with Gasteiger partial charge in [0.2, 0.25) is 0 Å². The molecule has 0 radical (unpaired) electrons. The van der Waals surface area contributed by atoms with Crippen LogP contribution in [0.2, 0.25) is 0 Å². The quantitative estimate of drug-likeness (QED) is 0.737. The van der Waals surface area contributed by atoms with Crippen LogP contribution >= 0.6 is 0 Å². The van der Waals surface area contributed by atoms with E-state index in [0.29, 0.717) is 18.9 Å². The van der Waals surface area contributed by atoms with E-state index in [1.165, 1.54) is 24.8 Å². The fourth-order valence-corrected chi connectivity index (χ4v) is 4.31. The van der Waals surface area contributed by atoms with Gasteiger partial charge in [-0.3, -0.25) is 0 Å². The molecule has 2 aromatic heterocycles. The second kappa shape index (κ2) is 7.87. The zero-order valence-corrected chi connectivity index (χ0v) is 16.7. The lowest BCUT2D eigenvalue weighted by Crippen LogP contribution is -2.37. The van der Waals surface area contributed by atoms with Crippen molar-refractivity contribution in [2.45, 2.75) is 19.3 Å². The minimum atomic E-state index is 0.700. The molecule has 2 aliphatic heterocycles. The van der Waals surface area contributed by atoms with Crippen LogP contribution in [0.5, 0.6) is 0 Å². The number of aromatic nitrogens is 2. The van der Waals surface area contributed by atoms with Crippen molar-refractivity contribution in [3.8, 4) is 11.1 Å². The smallest absolute Gasteiger partial charge is 0.164 e. The van der Waals surface area contributed by atoms with Gasteiger partial charge in [0, 0.05) is 37.1 Å². The third-order valence-corrected chi connectivity index (χ3v) is 5.84. The van der Waals surface area contributed by atoms with E-state index in [4.69, 9.17) is 20.4 Å². The molecule has 0 amide bonds. The summed E-state index contributed by atoms with van der Waals surface area (Å²) < 4.78 is 5.48. The Balaban J connectivity index is 1.65. The zero-order chi connectivity index (χ0) is 19.6. The molecular weight excluding hydrogens is 362 g/mol. The Bertz CT molecular complexity index is 995. The summed E-state index contributed by atoms with van der Waals surface area (Å²) in [6.45, 7) is 5.12. The second-order valence-electron chi connectivity index (χ2n) is 7.82. The highest BCUT2D eigenvalue weighted by Gasteiger charge is 2.21. The number of fused-ring (bicyclic) bond motifs is 1. The van der Waals surface area contributed by atoms with Crippen molar-refractivity contribution in [3.05, 3.63) is 42.5 Å². The lowest BCUT2D eigenvalue weighted by atomic mass is 10.0. The number of ether oxygens (including phenoxy) is 1. The number of benzene rings is 1. The van der Waals surface area contributed by atoms with Crippen molar-refractivity contribution in [1.82, 2.24) is 9.97 Å². The highest BCUT2D eigenvalue weighted by Crippen LogP contribution is 2.35. The Kier molecular flexibility index (Phi) is 4.94. The maximum absolute atomic E-state index is 6.40. The van der Waals surface area contributed by atoms with Crippen LogP contribution in [-0.4, -0.2) is 49.4 Å². The first kappa shape index (κ1) is 18.2. The lowest BCUT2D eigenvalue weighted by Gasteiger charge is -2.30. The van der Waals surface area contributed by atoms with Gasteiger partial charge >= 0.3 is 0 Å². The molecular formula is C23H27N5O. The standard InChI is InChI=1S/C23H27N5O/c24-20-16-18-15-19(17-7-3-1-4-8-17)22(27-9-5-2-6-10-27)25-21(18)26-23(20)28-11-13-29-14-12-28/h1,3-4,7-8,15-16H,2,5-6,9-14,24H2. The number of rotatable bonds is 3. The zero-order valence-electron chi connectivity index (χ0n) is 16.7. The number of nitrogen functional groups attached to an aromatic ring is 1. The molecule has 4 heterocycles. The highest BCUT2D eigenvalue weighted by atomic mass is 16.5. The number of morpholine rings is 1. The molecule has 29 heavy (non-hydrogen) atoms. The molecule has 2 saturated heterocycles. The fraction of sp³-hybridized carbons (Fsp3) is 0.391. The van der Waals surface area contributed by atoms with Gasteiger partial charge in [0.1, 0.15) is 5.82 Å². The van der Waals surface area contributed by atoms with Crippen molar-refractivity contribution in [2.24, 2.45) is 0 Å². The van der Waals surface area contributed by atoms with E-state index < -0.39 is 0 Å². The van der Waals surface area contributed by atoms with Gasteiger partial charge in [-0.25, -0.2) is 9.97 Å². The highest BCUT2D eigenvalue weighted by molar-refractivity contribution is 5.91. The molecule has 0 unspecified atom stereocenters. The molecule has 0 aliphatic carbocycles. The molecule has 3 aromatic rings. The number of hydrogen-bond acceptors (Lipinski definition) is 6. The monoisotopic (exact) mass is 389 g/mol. The summed E-state index contributed by atoms with van der Waals surface area (Å²) in [6, 6.07) is 14.7. The average molecular weight is 390 g/mol. The predicted octanol–water partition coefficient (Wildman–Crippen LogP) is 3.71. The summed E-state index contributed by atoms with van der Waals surface area (Å²) in [5.41, 5.74) is 10.2. The SMILES string of the molecule is Nc1cc2cc(-c3ccccc3)c(N3CCCCC3)nc2nc1N1CCOCC1. The summed E-state index contributed by atoms with van der Waals surface area (Å²) in [7, 11) is 0. The summed E-state index contributed by atoms with van der Waals surface area (Å²) >= 11 is 0. The largest absolute Gasteiger partial charge is 0.396 e. The number of nitrogens with two attached hydrogens (primary N) is 1. The molecule has 2 fully saturated rings. The van der Waals surface area contributed by atoms with Crippen LogP contribution in [-0.2, 0) is 4.74 Å². The van der Waals surface area contributed by atoms with Crippen LogP contribution in [0.25, 0.3) is 22.2 Å². The van der Waals surface area contributed by atoms with Crippen LogP contribution in [0, 0.1) is 0 Å². The molecule has 6 heteroatoms. The van der Waals surface area contributed by atoms with E-state index >= 15 is 0 Å².